The summed E-state index contributed by atoms with van der Waals surface area (Å²) in [6.45, 7) is 2.80. The van der Waals surface area contributed by atoms with Gasteiger partial charge in [0.25, 0.3) is 0 Å². The highest BCUT2D eigenvalue weighted by molar-refractivity contribution is 5.62. The van der Waals surface area contributed by atoms with Crippen LogP contribution in [-0.2, 0) is 6.54 Å². The van der Waals surface area contributed by atoms with E-state index in [1.54, 1.807) is 6.20 Å². The van der Waals surface area contributed by atoms with Gasteiger partial charge in [-0.3, -0.25) is 5.10 Å². The number of benzene rings is 1. The van der Waals surface area contributed by atoms with Crippen molar-refractivity contribution in [3.05, 3.63) is 60.4 Å². The predicted octanol–water partition coefficient (Wildman–Crippen LogP) is 2.63. The molecule has 0 bridgehead atoms. The second-order valence-electron chi connectivity index (χ2n) is 6.38. The number of anilines is 1. The van der Waals surface area contributed by atoms with Crippen LogP contribution in [0.15, 0.2) is 54.9 Å². The quantitative estimate of drug-likeness (QED) is 0.751. The van der Waals surface area contributed by atoms with Crippen molar-refractivity contribution in [1.82, 2.24) is 25.7 Å². The molecule has 1 saturated heterocycles. The van der Waals surface area contributed by atoms with Gasteiger partial charge in [-0.25, -0.2) is 0 Å². The van der Waals surface area contributed by atoms with Crippen LogP contribution in [0.4, 0.5) is 5.82 Å². The van der Waals surface area contributed by atoms with Crippen LogP contribution in [0.3, 0.4) is 0 Å². The first kappa shape index (κ1) is 15.8. The number of nitrogens with one attached hydrogen (secondary N) is 2. The lowest BCUT2D eigenvalue weighted by Gasteiger charge is -2.33. The summed E-state index contributed by atoms with van der Waals surface area (Å²) in [6, 6.07) is 14.7. The van der Waals surface area contributed by atoms with E-state index in [4.69, 9.17) is 0 Å². The Labute approximate surface area is 147 Å². The maximum absolute atomic E-state index is 4.23. The fourth-order valence-electron chi connectivity index (χ4n) is 3.37. The number of aromatic nitrogens is 4. The fourth-order valence-corrected chi connectivity index (χ4v) is 3.37. The average Bonchev–Trinajstić information content (AvgIpc) is 3.17. The van der Waals surface area contributed by atoms with Crippen LogP contribution in [-0.4, -0.2) is 39.5 Å². The Morgan fingerprint density at radius 2 is 2.08 bits per heavy atom. The minimum absolute atomic E-state index is 0.439. The van der Waals surface area contributed by atoms with Gasteiger partial charge in [-0.2, -0.15) is 10.2 Å². The van der Waals surface area contributed by atoms with Gasteiger partial charge < -0.3 is 10.2 Å². The van der Waals surface area contributed by atoms with E-state index in [1.165, 1.54) is 17.5 Å². The number of rotatable bonds is 5. The zero-order valence-electron chi connectivity index (χ0n) is 14.1. The summed E-state index contributed by atoms with van der Waals surface area (Å²) in [5.74, 6) is 0.960. The highest BCUT2D eigenvalue weighted by Gasteiger charge is 2.21. The highest BCUT2D eigenvalue weighted by atomic mass is 15.3. The molecular formula is C19H22N6. The average molecular weight is 334 g/mol. The second kappa shape index (κ2) is 7.44. The Morgan fingerprint density at radius 1 is 1.16 bits per heavy atom. The van der Waals surface area contributed by atoms with Crippen LogP contribution < -0.4 is 10.2 Å². The highest BCUT2D eigenvalue weighted by Crippen LogP contribution is 2.21. The van der Waals surface area contributed by atoms with Gasteiger partial charge in [-0.1, -0.05) is 30.3 Å². The standard InChI is InChI=1S/C19H22N6/c1-2-6-15(7-3-1)19-16(13-22-24-19)12-20-17-8-5-11-25(14-17)18-9-4-10-21-23-18/h1-4,6-7,9-10,13,17,20H,5,8,11-12,14H2,(H,22,24). The van der Waals surface area contributed by atoms with Gasteiger partial charge in [0.1, 0.15) is 0 Å². The lowest BCUT2D eigenvalue weighted by molar-refractivity contribution is 0.419. The van der Waals surface area contributed by atoms with Gasteiger partial charge >= 0.3 is 0 Å². The van der Waals surface area contributed by atoms with Crippen molar-refractivity contribution >= 4 is 5.82 Å². The Hall–Kier alpha value is -2.73. The van der Waals surface area contributed by atoms with E-state index in [1.807, 2.05) is 36.5 Å². The molecule has 1 unspecified atom stereocenters. The van der Waals surface area contributed by atoms with Gasteiger partial charge in [0.05, 0.1) is 11.9 Å². The van der Waals surface area contributed by atoms with Crippen LogP contribution in [0.5, 0.6) is 0 Å². The van der Waals surface area contributed by atoms with Gasteiger partial charge in [0, 0.05) is 37.4 Å². The van der Waals surface area contributed by atoms with E-state index < -0.39 is 0 Å². The Bertz CT molecular complexity index is 786. The van der Waals surface area contributed by atoms with Crippen molar-refractivity contribution < 1.29 is 0 Å². The number of nitrogens with zero attached hydrogens (tertiary/aromatic N) is 4. The first-order valence-corrected chi connectivity index (χ1v) is 8.74. The van der Waals surface area contributed by atoms with Crippen LogP contribution in [0.2, 0.25) is 0 Å². The maximum Gasteiger partial charge on any atom is 0.151 e. The Balaban J connectivity index is 1.40. The molecule has 128 valence electrons. The molecule has 4 rings (SSSR count). The first-order chi connectivity index (χ1) is 12.4. The van der Waals surface area contributed by atoms with Crippen molar-refractivity contribution in [3.63, 3.8) is 0 Å². The third kappa shape index (κ3) is 3.69. The molecule has 0 saturated carbocycles. The second-order valence-corrected chi connectivity index (χ2v) is 6.38. The summed E-state index contributed by atoms with van der Waals surface area (Å²) in [5.41, 5.74) is 3.46. The van der Waals surface area contributed by atoms with Crippen LogP contribution >= 0.6 is 0 Å². The summed E-state index contributed by atoms with van der Waals surface area (Å²) in [6.07, 6.45) is 5.96. The first-order valence-electron chi connectivity index (χ1n) is 8.74. The van der Waals surface area contributed by atoms with Gasteiger partial charge in [-0.15, -0.1) is 5.10 Å². The molecule has 1 atom stereocenters. The van der Waals surface area contributed by atoms with Gasteiger partial charge in [0.15, 0.2) is 5.82 Å². The van der Waals surface area contributed by atoms with E-state index in [0.29, 0.717) is 6.04 Å². The lowest BCUT2D eigenvalue weighted by Crippen LogP contribution is -2.45. The smallest absolute Gasteiger partial charge is 0.151 e. The van der Waals surface area contributed by atoms with Crippen LogP contribution in [0, 0.1) is 0 Å². The monoisotopic (exact) mass is 334 g/mol. The molecule has 0 spiro atoms. The minimum Gasteiger partial charge on any atom is -0.354 e. The SMILES string of the molecule is c1ccc(-c2[nH]ncc2CNC2CCCN(c3cccnn3)C2)cc1. The van der Waals surface area contributed by atoms with Gasteiger partial charge in [-0.05, 0) is 30.5 Å². The van der Waals surface area contributed by atoms with Crippen LogP contribution in [0.1, 0.15) is 18.4 Å². The topological polar surface area (TPSA) is 69.7 Å². The molecule has 0 radical (unpaired) electrons. The van der Waals surface area contributed by atoms with E-state index in [2.05, 4.69) is 42.7 Å². The van der Waals surface area contributed by atoms with Crippen LogP contribution in [0.25, 0.3) is 11.3 Å². The van der Waals surface area contributed by atoms with Crippen molar-refractivity contribution in [2.24, 2.45) is 0 Å². The minimum atomic E-state index is 0.439. The van der Waals surface area contributed by atoms with E-state index in [9.17, 15) is 0 Å². The number of hydrogen-bond acceptors (Lipinski definition) is 5. The summed E-state index contributed by atoms with van der Waals surface area (Å²) in [5, 5.41) is 19.3. The molecule has 6 nitrogen and oxygen atoms in total. The molecular weight excluding hydrogens is 312 g/mol. The van der Waals surface area contributed by atoms with Crippen molar-refractivity contribution in [3.8, 4) is 11.3 Å². The van der Waals surface area contributed by atoms with Gasteiger partial charge in [0.2, 0.25) is 0 Å². The fraction of sp³-hybridized carbons (Fsp3) is 0.316. The molecule has 2 aromatic heterocycles. The van der Waals surface area contributed by atoms with E-state index >= 15 is 0 Å². The predicted molar refractivity (Wildman–Crippen MR) is 98.1 cm³/mol. The van der Waals surface area contributed by atoms with E-state index in [0.717, 1.165) is 37.6 Å². The maximum atomic E-state index is 4.23. The Morgan fingerprint density at radius 3 is 2.92 bits per heavy atom. The molecule has 1 aliphatic heterocycles. The third-order valence-corrected chi connectivity index (χ3v) is 4.67. The molecule has 0 aliphatic carbocycles. The lowest BCUT2D eigenvalue weighted by atomic mass is 10.0. The normalized spacial score (nSPS) is 17.6. The molecule has 1 aromatic carbocycles. The Kier molecular flexibility index (Phi) is 4.70. The van der Waals surface area contributed by atoms with Crippen molar-refractivity contribution in [2.75, 3.05) is 18.0 Å². The molecule has 3 aromatic rings. The molecule has 1 aliphatic rings. The largest absolute Gasteiger partial charge is 0.354 e. The molecule has 3 heterocycles. The molecule has 25 heavy (non-hydrogen) atoms. The summed E-state index contributed by atoms with van der Waals surface area (Å²) >= 11 is 0. The zero-order chi connectivity index (χ0) is 16.9. The summed E-state index contributed by atoms with van der Waals surface area (Å²) < 4.78 is 0. The summed E-state index contributed by atoms with van der Waals surface area (Å²) in [4.78, 5) is 2.31. The molecule has 1 fully saturated rings. The zero-order valence-corrected chi connectivity index (χ0v) is 14.1. The number of piperidine rings is 1. The molecule has 2 N–H and O–H groups in total. The van der Waals surface area contributed by atoms with Crippen molar-refractivity contribution in [2.45, 2.75) is 25.4 Å². The number of aromatic amines is 1. The number of H-pyrrole nitrogens is 1. The van der Waals surface area contributed by atoms with E-state index in [-0.39, 0.29) is 0 Å². The third-order valence-electron chi connectivity index (χ3n) is 4.67. The molecule has 0 amide bonds. The van der Waals surface area contributed by atoms with Crippen molar-refractivity contribution in [1.29, 1.82) is 0 Å². The number of hydrogen-bond donors (Lipinski definition) is 2. The summed E-state index contributed by atoms with van der Waals surface area (Å²) in [7, 11) is 0. The molecule has 6 heteroatoms.